The highest BCUT2D eigenvalue weighted by Crippen LogP contribution is 2.29. The molecule has 78 valence electrons. The highest BCUT2D eigenvalue weighted by atomic mass is 35.6. The molecule has 0 spiro atoms. The maximum absolute atomic E-state index is 10.7. The summed E-state index contributed by atoms with van der Waals surface area (Å²) in [5, 5.41) is 11.4. The summed E-state index contributed by atoms with van der Waals surface area (Å²) in [5.41, 5.74) is 0. The molecule has 0 unspecified atom stereocenters. The number of hydrogen-bond donors (Lipinski definition) is 2. The standard InChI is InChI=1S/C6H10Cl3NO3/c1-2-13-5(12)10-3-4(11)6(7,8)9/h4,11H,2-3H2,1H3,(H,10,12)/t4-/m0/s1. The van der Waals surface area contributed by atoms with Gasteiger partial charge < -0.3 is 15.2 Å². The lowest BCUT2D eigenvalue weighted by Gasteiger charge is -2.18. The van der Waals surface area contributed by atoms with Crippen LogP contribution >= 0.6 is 34.8 Å². The minimum atomic E-state index is -1.81. The van der Waals surface area contributed by atoms with Gasteiger partial charge in [0.05, 0.1) is 13.2 Å². The summed E-state index contributed by atoms with van der Waals surface area (Å²) in [6.45, 7) is 1.73. The van der Waals surface area contributed by atoms with Crippen LogP contribution in [0.5, 0.6) is 0 Å². The molecule has 0 aliphatic carbocycles. The number of aliphatic hydroxyl groups excluding tert-OH is 1. The number of alkyl halides is 3. The molecule has 7 heteroatoms. The van der Waals surface area contributed by atoms with Gasteiger partial charge in [0.2, 0.25) is 3.79 Å². The Kier molecular flexibility index (Phi) is 5.80. The zero-order valence-corrected chi connectivity index (χ0v) is 9.16. The van der Waals surface area contributed by atoms with Crippen molar-refractivity contribution < 1.29 is 14.6 Å². The normalized spacial score (nSPS) is 13.6. The molecule has 0 radical (unpaired) electrons. The van der Waals surface area contributed by atoms with E-state index in [1.165, 1.54) is 0 Å². The maximum atomic E-state index is 10.7. The Bertz CT molecular complexity index is 171. The molecule has 1 atom stereocenters. The molecule has 0 saturated heterocycles. The summed E-state index contributed by atoms with van der Waals surface area (Å²) in [5.74, 6) is 0. The fourth-order valence-corrected chi connectivity index (χ4v) is 0.709. The third-order valence-electron chi connectivity index (χ3n) is 1.09. The first-order valence-electron chi connectivity index (χ1n) is 3.53. The third kappa shape index (κ3) is 6.21. The number of rotatable bonds is 3. The molecule has 0 aliphatic rings. The van der Waals surface area contributed by atoms with Gasteiger partial charge in [-0.25, -0.2) is 4.79 Å². The summed E-state index contributed by atoms with van der Waals surface area (Å²) in [6.07, 6.45) is -1.92. The van der Waals surface area contributed by atoms with E-state index in [4.69, 9.17) is 39.9 Å². The van der Waals surface area contributed by atoms with E-state index >= 15 is 0 Å². The second kappa shape index (κ2) is 5.75. The lowest BCUT2D eigenvalue weighted by Crippen LogP contribution is -2.39. The first kappa shape index (κ1) is 13.1. The molecule has 0 aromatic heterocycles. The molecule has 0 fully saturated rings. The van der Waals surface area contributed by atoms with E-state index < -0.39 is 16.0 Å². The van der Waals surface area contributed by atoms with Crippen LogP contribution in [0.1, 0.15) is 6.92 Å². The molecule has 2 N–H and O–H groups in total. The summed E-state index contributed by atoms with van der Waals surface area (Å²) >= 11 is 16.0. The zero-order chi connectivity index (χ0) is 10.5. The highest BCUT2D eigenvalue weighted by molar-refractivity contribution is 6.68. The molecule has 0 aliphatic heterocycles. The molecule has 0 aromatic carbocycles. The minimum absolute atomic E-state index is 0.171. The second-order valence-electron chi connectivity index (χ2n) is 2.16. The van der Waals surface area contributed by atoms with Crippen LogP contribution in [-0.2, 0) is 4.74 Å². The summed E-state index contributed by atoms with van der Waals surface area (Å²) in [4.78, 5) is 10.7. The van der Waals surface area contributed by atoms with Gasteiger partial charge in [-0.1, -0.05) is 34.8 Å². The van der Waals surface area contributed by atoms with Crippen molar-refractivity contribution in [2.75, 3.05) is 13.2 Å². The molecule has 0 saturated carbocycles. The van der Waals surface area contributed by atoms with E-state index in [0.29, 0.717) is 0 Å². The first-order chi connectivity index (χ1) is 5.88. The van der Waals surface area contributed by atoms with Gasteiger partial charge in [-0.15, -0.1) is 0 Å². The average Bonchev–Trinajstić information content (AvgIpc) is 1.99. The van der Waals surface area contributed by atoms with E-state index in [1.807, 2.05) is 0 Å². The smallest absolute Gasteiger partial charge is 0.407 e. The molecule has 4 nitrogen and oxygen atoms in total. The average molecular weight is 251 g/mol. The minimum Gasteiger partial charge on any atom is -0.450 e. The van der Waals surface area contributed by atoms with Crippen molar-refractivity contribution in [3.05, 3.63) is 0 Å². The van der Waals surface area contributed by atoms with E-state index in [-0.39, 0.29) is 13.2 Å². The largest absolute Gasteiger partial charge is 0.450 e. The Hall–Kier alpha value is 0.1000. The topological polar surface area (TPSA) is 58.6 Å². The van der Waals surface area contributed by atoms with Crippen LogP contribution in [-0.4, -0.2) is 34.2 Å². The fourth-order valence-electron chi connectivity index (χ4n) is 0.478. The van der Waals surface area contributed by atoms with E-state index in [1.54, 1.807) is 6.92 Å². The van der Waals surface area contributed by atoms with Gasteiger partial charge in [0, 0.05) is 0 Å². The molecule has 1 amide bonds. The van der Waals surface area contributed by atoms with E-state index in [9.17, 15) is 4.79 Å². The Balaban J connectivity index is 3.70. The monoisotopic (exact) mass is 249 g/mol. The van der Waals surface area contributed by atoms with Crippen LogP contribution in [0, 0.1) is 0 Å². The molecule has 0 aromatic rings. The second-order valence-corrected chi connectivity index (χ2v) is 4.53. The number of carbonyl (C=O) groups is 1. The Morgan fingerprint density at radius 1 is 1.62 bits per heavy atom. The highest BCUT2D eigenvalue weighted by Gasteiger charge is 2.30. The number of nitrogens with one attached hydrogen (secondary N) is 1. The van der Waals surface area contributed by atoms with Gasteiger partial charge in [0.25, 0.3) is 0 Å². The molecule has 13 heavy (non-hydrogen) atoms. The third-order valence-corrected chi connectivity index (χ3v) is 1.85. The molecular formula is C6H10Cl3NO3. The van der Waals surface area contributed by atoms with Crippen molar-refractivity contribution in [1.82, 2.24) is 5.32 Å². The molecular weight excluding hydrogens is 240 g/mol. The number of aliphatic hydroxyl groups is 1. The number of carbonyl (C=O) groups excluding carboxylic acids is 1. The van der Waals surface area contributed by atoms with Crippen LogP contribution in [0.3, 0.4) is 0 Å². The molecule has 0 bridgehead atoms. The molecule has 0 rings (SSSR count). The van der Waals surface area contributed by atoms with Crippen LogP contribution in [0.4, 0.5) is 4.79 Å². The van der Waals surface area contributed by atoms with Gasteiger partial charge >= 0.3 is 6.09 Å². The van der Waals surface area contributed by atoms with Gasteiger partial charge in [0.1, 0.15) is 6.10 Å². The van der Waals surface area contributed by atoms with Gasteiger partial charge in [-0.05, 0) is 6.92 Å². The van der Waals surface area contributed by atoms with E-state index in [2.05, 4.69) is 10.1 Å². The van der Waals surface area contributed by atoms with Gasteiger partial charge in [-0.3, -0.25) is 0 Å². The maximum Gasteiger partial charge on any atom is 0.407 e. The van der Waals surface area contributed by atoms with Crippen molar-refractivity contribution in [2.24, 2.45) is 0 Å². The molecule has 0 heterocycles. The Morgan fingerprint density at radius 2 is 2.15 bits per heavy atom. The lowest BCUT2D eigenvalue weighted by atomic mass is 10.4. The summed E-state index contributed by atoms with van der Waals surface area (Å²) in [6, 6.07) is 0. The van der Waals surface area contributed by atoms with Crippen molar-refractivity contribution in [3.8, 4) is 0 Å². The van der Waals surface area contributed by atoms with Gasteiger partial charge in [0.15, 0.2) is 0 Å². The van der Waals surface area contributed by atoms with E-state index in [0.717, 1.165) is 0 Å². The van der Waals surface area contributed by atoms with Crippen molar-refractivity contribution >= 4 is 40.9 Å². The van der Waals surface area contributed by atoms with Crippen LogP contribution in [0.2, 0.25) is 0 Å². The Morgan fingerprint density at radius 3 is 2.54 bits per heavy atom. The number of ether oxygens (including phenoxy) is 1. The van der Waals surface area contributed by atoms with Crippen molar-refractivity contribution in [3.63, 3.8) is 0 Å². The number of hydrogen-bond acceptors (Lipinski definition) is 3. The number of amides is 1. The predicted molar refractivity (Wildman–Crippen MR) is 51.3 cm³/mol. The fraction of sp³-hybridized carbons (Fsp3) is 0.833. The van der Waals surface area contributed by atoms with Crippen molar-refractivity contribution in [1.29, 1.82) is 0 Å². The predicted octanol–water partition coefficient (Wildman–Crippen LogP) is 1.46. The number of halogens is 3. The Labute approximate surface area is 91.1 Å². The quantitative estimate of drug-likeness (QED) is 0.746. The lowest BCUT2D eigenvalue weighted by molar-refractivity contribution is 0.136. The first-order valence-corrected chi connectivity index (χ1v) is 4.66. The zero-order valence-electron chi connectivity index (χ0n) is 6.89. The van der Waals surface area contributed by atoms with Crippen LogP contribution < -0.4 is 5.32 Å². The van der Waals surface area contributed by atoms with Crippen LogP contribution in [0.25, 0.3) is 0 Å². The van der Waals surface area contributed by atoms with Gasteiger partial charge in [-0.2, -0.15) is 0 Å². The number of alkyl carbamates (subject to hydrolysis) is 1. The SMILES string of the molecule is CCOC(=O)NC[C@H](O)C(Cl)(Cl)Cl. The van der Waals surface area contributed by atoms with Crippen molar-refractivity contribution in [2.45, 2.75) is 16.8 Å². The van der Waals surface area contributed by atoms with Crippen LogP contribution in [0.15, 0.2) is 0 Å². The summed E-state index contributed by atoms with van der Waals surface area (Å²) < 4.78 is 2.71. The summed E-state index contributed by atoms with van der Waals surface area (Å²) in [7, 11) is 0.